The fraction of sp³-hybridized carbons (Fsp3) is 0.950. The Bertz CT molecular complexity index is 479. The van der Waals surface area contributed by atoms with Gasteiger partial charge in [0.25, 0.3) is 0 Å². The van der Waals surface area contributed by atoms with Crippen molar-refractivity contribution < 1.29 is 13.2 Å². The van der Waals surface area contributed by atoms with E-state index in [1.165, 1.54) is 24.2 Å². The molecular weight excluding hydrogens is 367 g/mol. The lowest BCUT2D eigenvalue weighted by Gasteiger charge is -2.41. The van der Waals surface area contributed by atoms with E-state index < -0.39 is 12.7 Å². The molecule has 0 bridgehead atoms. The van der Waals surface area contributed by atoms with E-state index in [2.05, 4.69) is 34.4 Å². The van der Waals surface area contributed by atoms with Gasteiger partial charge in [0.15, 0.2) is 5.96 Å². The molecule has 0 unspecified atom stereocenters. The highest BCUT2D eigenvalue weighted by Crippen LogP contribution is 2.24. The summed E-state index contributed by atoms with van der Waals surface area (Å²) in [6, 6.07) is 0. The van der Waals surface area contributed by atoms with E-state index in [0.717, 1.165) is 51.4 Å². The first-order valence-corrected chi connectivity index (χ1v) is 10.7. The molecule has 164 valence electrons. The molecule has 2 rings (SSSR count). The highest BCUT2D eigenvalue weighted by molar-refractivity contribution is 5.79. The molecule has 0 radical (unpaired) electrons. The lowest BCUT2D eigenvalue weighted by molar-refractivity contribution is -0.148. The molecule has 0 spiro atoms. The fourth-order valence-electron chi connectivity index (χ4n) is 4.21. The third kappa shape index (κ3) is 8.15. The molecular formula is C20H38F3N5. The zero-order valence-corrected chi connectivity index (χ0v) is 17.7. The first-order chi connectivity index (χ1) is 13.2. The number of aliphatic imine (C=N–C) groups is 1. The van der Waals surface area contributed by atoms with E-state index in [9.17, 15) is 13.2 Å². The van der Waals surface area contributed by atoms with Gasteiger partial charge in [-0.05, 0) is 78.0 Å². The molecule has 8 heteroatoms. The van der Waals surface area contributed by atoms with Gasteiger partial charge in [0.1, 0.15) is 0 Å². The Morgan fingerprint density at radius 2 is 1.64 bits per heavy atom. The van der Waals surface area contributed by atoms with Gasteiger partial charge in [0.05, 0.1) is 6.54 Å². The smallest absolute Gasteiger partial charge is 0.356 e. The maximum atomic E-state index is 12.5. The van der Waals surface area contributed by atoms with Gasteiger partial charge in [-0.2, -0.15) is 13.2 Å². The maximum absolute atomic E-state index is 12.5. The van der Waals surface area contributed by atoms with Crippen LogP contribution >= 0.6 is 0 Å². The molecule has 2 saturated heterocycles. The van der Waals surface area contributed by atoms with Gasteiger partial charge in [-0.25, -0.2) is 0 Å². The molecule has 2 N–H and O–H groups in total. The molecule has 2 fully saturated rings. The summed E-state index contributed by atoms with van der Waals surface area (Å²) < 4.78 is 37.4. The minimum absolute atomic E-state index is 0.0867. The van der Waals surface area contributed by atoms with Crippen molar-refractivity contribution >= 4 is 5.96 Å². The molecule has 0 aromatic heterocycles. The molecule has 0 aromatic carbocycles. The van der Waals surface area contributed by atoms with Crippen molar-refractivity contribution in [1.29, 1.82) is 0 Å². The molecule has 2 heterocycles. The van der Waals surface area contributed by atoms with E-state index >= 15 is 0 Å². The third-order valence-corrected chi connectivity index (χ3v) is 6.08. The van der Waals surface area contributed by atoms with Crippen molar-refractivity contribution in [2.45, 2.75) is 64.1 Å². The SMILES string of the molecule is CN=C(NCCC1CCN(CC(F)(F)F)CC1)NCC(C)(C)N1CCCCC1. The van der Waals surface area contributed by atoms with Crippen LogP contribution in [0.15, 0.2) is 4.99 Å². The lowest BCUT2D eigenvalue weighted by atomic mass is 9.93. The average molecular weight is 406 g/mol. The summed E-state index contributed by atoms with van der Waals surface area (Å²) in [5, 5.41) is 6.81. The number of halogens is 3. The predicted molar refractivity (Wildman–Crippen MR) is 109 cm³/mol. The molecule has 0 atom stereocenters. The monoisotopic (exact) mass is 405 g/mol. The summed E-state index contributed by atoms with van der Waals surface area (Å²) in [7, 11) is 1.78. The average Bonchev–Trinajstić information content (AvgIpc) is 2.65. The number of guanidine groups is 1. The van der Waals surface area contributed by atoms with Crippen molar-refractivity contribution in [2.75, 3.05) is 52.9 Å². The molecule has 0 aliphatic carbocycles. The Balaban J connectivity index is 1.63. The Kier molecular flexibility index (Phi) is 8.86. The molecule has 0 saturated carbocycles. The second-order valence-corrected chi connectivity index (χ2v) is 8.84. The number of hydrogen-bond donors (Lipinski definition) is 2. The highest BCUT2D eigenvalue weighted by atomic mass is 19.4. The van der Waals surface area contributed by atoms with Crippen LogP contribution in [0.3, 0.4) is 0 Å². The highest BCUT2D eigenvalue weighted by Gasteiger charge is 2.32. The van der Waals surface area contributed by atoms with Crippen LogP contribution in [0.2, 0.25) is 0 Å². The van der Waals surface area contributed by atoms with E-state index in [1.807, 2.05) is 0 Å². The second kappa shape index (κ2) is 10.7. The molecule has 0 aromatic rings. The summed E-state index contributed by atoms with van der Waals surface area (Å²) in [6.07, 6.45) is 2.44. The van der Waals surface area contributed by atoms with Gasteiger partial charge in [-0.1, -0.05) is 6.42 Å². The van der Waals surface area contributed by atoms with E-state index in [1.54, 1.807) is 7.05 Å². The molecule has 2 aliphatic rings. The van der Waals surface area contributed by atoms with Crippen LogP contribution in [-0.2, 0) is 0 Å². The number of likely N-dealkylation sites (tertiary alicyclic amines) is 2. The Morgan fingerprint density at radius 1 is 1.00 bits per heavy atom. The van der Waals surface area contributed by atoms with Gasteiger partial charge >= 0.3 is 6.18 Å². The number of piperidine rings is 2. The van der Waals surface area contributed by atoms with Crippen molar-refractivity contribution in [2.24, 2.45) is 10.9 Å². The number of nitrogens with one attached hydrogen (secondary N) is 2. The maximum Gasteiger partial charge on any atom is 0.401 e. The molecule has 5 nitrogen and oxygen atoms in total. The van der Waals surface area contributed by atoms with Crippen LogP contribution in [0.5, 0.6) is 0 Å². The van der Waals surface area contributed by atoms with Crippen molar-refractivity contribution in [3.8, 4) is 0 Å². The predicted octanol–water partition coefficient (Wildman–Crippen LogP) is 3.08. The van der Waals surface area contributed by atoms with E-state index in [4.69, 9.17) is 0 Å². The molecule has 2 aliphatic heterocycles. The summed E-state index contributed by atoms with van der Waals surface area (Å²) in [5.74, 6) is 1.29. The van der Waals surface area contributed by atoms with Crippen LogP contribution in [0, 0.1) is 5.92 Å². The third-order valence-electron chi connectivity index (χ3n) is 6.08. The first-order valence-electron chi connectivity index (χ1n) is 10.7. The van der Waals surface area contributed by atoms with Gasteiger partial charge in [0.2, 0.25) is 0 Å². The zero-order chi connectivity index (χ0) is 20.6. The van der Waals surface area contributed by atoms with Crippen molar-refractivity contribution in [1.82, 2.24) is 20.4 Å². The minimum atomic E-state index is -4.09. The fourth-order valence-corrected chi connectivity index (χ4v) is 4.21. The van der Waals surface area contributed by atoms with Crippen LogP contribution in [0.25, 0.3) is 0 Å². The van der Waals surface area contributed by atoms with Crippen molar-refractivity contribution in [3.63, 3.8) is 0 Å². The topological polar surface area (TPSA) is 42.9 Å². The number of nitrogens with zero attached hydrogens (tertiary/aromatic N) is 3. The largest absolute Gasteiger partial charge is 0.401 e. The molecule has 28 heavy (non-hydrogen) atoms. The van der Waals surface area contributed by atoms with Gasteiger partial charge in [0, 0.05) is 25.7 Å². The standard InChI is InChI=1S/C20H38F3N5/c1-19(2,28-11-5-4-6-12-28)15-26-18(24-3)25-10-7-17-8-13-27(14-9-17)16-20(21,22)23/h17H,4-16H2,1-3H3,(H2,24,25,26). The normalized spacial score (nSPS) is 21.7. The van der Waals surface area contributed by atoms with Gasteiger partial charge in [-0.15, -0.1) is 0 Å². The number of rotatable bonds is 7. The molecule has 0 amide bonds. The number of hydrogen-bond acceptors (Lipinski definition) is 3. The number of alkyl halides is 3. The summed E-state index contributed by atoms with van der Waals surface area (Å²) in [4.78, 5) is 8.38. The van der Waals surface area contributed by atoms with Crippen LogP contribution in [-0.4, -0.2) is 80.3 Å². The van der Waals surface area contributed by atoms with Crippen LogP contribution < -0.4 is 10.6 Å². The van der Waals surface area contributed by atoms with Crippen molar-refractivity contribution in [3.05, 3.63) is 0 Å². The van der Waals surface area contributed by atoms with Crippen LogP contribution in [0.1, 0.15) is 52.4 Å². The second-order valence-electron chi connectivity index (χ2n) is 8.84. The summed E-state index contributed by atoms with van der Waals surface area (Å²) >= 11 is 0. The quantitative estimate of drug-likeness (QED) is 0.505. The Morgan fingerprint density at radius 3 is 2.21 bits per heavy atom. The Labute approximate surface area is 168 Å². The first kappa shape index (κ1) is 23.3. The summed E-state index contributed by atoms with van der Waals surface area (Å²) in [5.41, 5.74) is 0.0867. The lowest BCUT2D eigenvalue weighted by Crippen LogP contribution is -2.55. The minimum Gasteiger partial charge on any atom is -0.356 e. The van der Waals surface area contributed by atoms with Crippen LogP contribution in [0.4, 0.5) is 13.2 Å². The van der Waals surface area contributed by atoms with E-state index in [0.29, 0.717) is 19.0 Å². The van der Waals surface area contributed by atoms with E-state index in [-0.39, 0.29) is 5.54 Å². The summed E-state index contributed by atoms with van der Waals surface area (Å²) in [6.45, 7) is 8.81. The zero-order valence-electron chi connectivity index (χ0n) is 17.7. The Hall–Kier alpha value is -1.02. The van der Waals surface area contributed by atoms with Gasteiger partial charge < -0.3 is 10.6 Å². The van der Waals surface area contributed by atoms with Gasteiger partial charge in [-0.3, -0.25) is 14.8 Å².